The molecule has 3 N–H and O–H groups in total. The number of hydrogen-bond acceptors (Lipinski definition) is 6. The fraction of sp³-hybridized carbons (Fsp3) is 0.500. The predicted octanol–water partition coefficient (Wildman–Crippen LogP) is 1.03. The molecule has 2 saturated heterocycles. The number of carbonyl (C=O) groups excluding carboxylic acids is 4. The lowest BCUT2D eigenvalue weighted by Crippen LogP contribution is -2.54. The van der Waals surface area contributed by atoms with Crippen LogP contribution in [0.4, 0.5) is 5.69 Å². The first-order chi connectivity index (χ1) is 13.2. The normalized spacial score (nSPS) is 26.9. The third kappa shape index (κ3) is 3.28. The maximum Gasteiger partial charge on any atom is 0.262 e. The SMILES string of the molecule is CC1(C)CCC(Nc2ccc3c(c2)C(=O)N(C2CCC(=O)NC2=O)C3=O)CN1. The number of benzene rings is 1. The first kappa shape index (κ1) is 18.6. The Labute approximate surface area is 163 Å². The first-order valence-corrected chi connectivity index (χ1v) is 9.62. The van der Waals surface area contributed by atoms with Gasteiger partial charge in [-0.3, -0.25) is 29.4 Å². The van der Waals surface area contributed by atoms with Crippen LogP contribution < -0.4 is 16.0 Å². The number of nitrogens with one attached hydrogen (secondary N) is 3. The van der Waals surface area contributed by atoms with Gasteiger partial charge < -0.3 is 10.6 Å². The molecule has 8 heteroatoms. The molecule has 2 unspecified atom stereocenters. The second-order valence-corrected chi connectivity index (χ2v) is 8.35. The lowest BCUT2D eigenvalue weighted by molar-refractivity contribution is -0.136. The van der Waals surface area contributed by atoms with Crippen molar-refractivity contribution in [3.05, 3.63) is 29.3 Å². The molecule has 3 aliphatic heterocycles. The van der Waals surface area contributed by atoms with Gasteiger partial charge in [0.15, 0.2) is 0 Å². The van der Waals surface area contributed by atoms with Crippen LogP contribution in [0, 0.1) is 0 Å². The van der Waals surface area contributed by atoms with Crippen molar-refractivity contribution in [2.75, 3.05) is 11.9 Å². The first-order valence-electron chi connectivity index (χ1n) is 9.62. The maximum absolute atomic E-state index is 12.9. The molecule has 8 nitrogen and oxygen atoms in total. The molecular formula is C20H24N4O4. The highest BCUT2D eigenvalue weighted by Crippen LogP contribution is 2.30. The van der Waals surface area contributed by atoms with Gasteiger partial charge in [-0.1, -0.05) is 0 Å². The van der Waals surface area contributed by atoms with Gasteiger partial charge in [0, 0.05) is 30.2 Å². The molecule has 2 fully saturated rings. The average Bonchev–Trinajstić information content (AvgIpc) is 2.88. The fourth-order valence-corrected chi connectivity index (χ4v) is 4.04. The number of imide groups is 2. The second-order valence-electron chi connectivity index (χ2n) is 8.35. The second kappa shape index (κ2) is 6.70. The molecule has 3 aliphatic rings. The molecule has 0 saturated carbocycles. The Kier molecular flexibility index (Phi) is 4.45. The van der Waals surface area contributed by atoms with Crippen LogP contribution in [-0.4, -0.2) is 52.7 Å². The van der Waals surface area contributed by atoms with Gasteiger partial charge in [0.05, 0.1) is 11.1 Å². The van der Waals surface area contributed by atoms with Gasteiger partial charge in [0.1, 0.15) is 6.04 Å². The zero-order valence-electron chi connectivity index (χ0n) is 16.0. The molecule has 0 bridgehead atoms. The van der Waals surface area contributed by atoms with Crippen LogP contribution in [0.15, 0.2) is 18.2 Å². The van der Waals surface area contributed by atoms with Crippen LogP contribution in [0.3, 0.4) is 0 Å². The van der Waals surface area contributed by atoms with E-state index >= 15 is 0 Å². The summed E-state index contributed by atoms with van der Waals surface area (Å²) in [4.78, 5) is 50.0. The van der Waals surface area contributed by atoms with Crippen molar-refractivity contribution >= 4 is 29.3 Å². The maximum atomic E-state index is 12.9. The molecule has 4 rings (SSSR count). The minimum absolute atomic E-state index is 0.113. The highest BCUT2D eigenvalue weighted by atomic mass is 16.2. The number of piperidine rings is 2. The minimum Gasteiger partial charge on any atom is -0.381 e. The van der Waals surface area contributed by atoms with Crippen molar-refractivity contribution in [1.29, 1.82) is 0 Å². The number of carbonyl (C=O) groups is 4. The number of hydrogen-bond donors (Lipinski definition) is 3. The van der Waals surface area contributed by atoms with Crippen molar-refractivity contribution in [3.8, 4) is 0 Å². The highest BCUT2D eigenvalue weighted by Gasteiger charge is 2.44. The number of anilines is 1. The third-order valence-corrected chi connectivity index (χ3v) is 5.76. The van der Waals surface area contributed by atoms with Crippen LogP contribution in [0.25, 0.3) is 0 Å². The summed E-state index contributed by atoms with van der Waals surface area (Å²) >= 11 is 0. The van der Waals surface area contributed by atoms with Crippen LogP contribution in [0.5, 0.6) is 0 Å². The van der Waals surface area contributed by atoms with E-state index in [4.69, 9.17) is 0 Å². The van der Waals surface area contributed by atoms with E-state index in [1.165, 1.54) is 0 Å². The van der Waals surface area contributed by atoms with Crippen LogP contribution in [0.1, 0.15) is 60.2 Å². The van der Waals surface area contributed by atoms with E-state index in [1.54, 1.807) is 18.2 Å². The predicted molar refractivity (Wildman–Crippen MR) is 102 cm³/mol. The van der Waals surface area contributed by atoms with Gasteiger partial charge in [-0.05, 0) is 51.3 Å². The number of fused-ring (bicyclic) bond motifs is 1. The van der Waals surface area contributed by atoms with Gasteiger partial charge in [-0.2, -0.15) is 0 Å². The van der Waals surface area contributed by atoms with Gasteiger partial charge in [0.2, 0.25) is 11.8 Å². The Hall–Kier alpha value is -2.74. The molecular weight excluding hydrogens is 360 g/mol. The Bertz CT molecular complexity index is 869. The summed E-state index contributed by atoms with van der Waals surface area (Å²) in [5, 5.41) is 9.12. The van der Waals surface area contributed by atoms with Crippen LogP contribution >= 0.6 is 0 Å². The topological polar surface area (TPSA) is 108 Å². The van der Waals surface area contributed by atoms with Gasteiger partial charge >= 0.3 is 0 Å². The van der Waals surface area contributed by atoms with E-state index in [-0.39, 0.29) is 30.3 Å². The summed E-state index contributed by atoms with van der Waals surface area (Å²) in [6.45, 7) is 5.16. The fourth-order valence-electron chi connectivity index (χ4n) is 4.04. The quantitative estimate of drug-likeness (QED) is 0.672. The summed E-state index contributed by atoms with van der Waals surface area (Å²) in [6.07, 6.45) is 2.31. The molecule has 4 amide bonds. The van der Waals surface area contributed by atoms with Crippen molar-refractivity contribution in [1.82, 2.24) is 15.5 Å². The van der Waals surface area contributed by atoms with Crippen molar-refractivity contribution in [2.45, 2.75) is 57.2 Å². The summed E-state index contributed by atoms with van der Waals surface area (Å²) < 4.78 is 0. The molecule has 2 atom stereocenters. The van der Waals surface area contributed by atoms with E-state index in [0.717, 1.165) is 30.0 Å². The minimum atomic E-state index is -0.939. The summed E-state index contributed by atoms with van der Waals surface area (Å²) in [5.41, 5.74) is 1.49. The zero-order chi connectivity index (χ0) is 20.1. The third-order valence-electron chi connectivity index (χ3n) is 5.76. The summed E-state index contributed by atoms with van der Waals surface area (Å²) in [7, 11) is 0. The molecule has 28 heavy (non-hydrogen) atoms. The molecule has 3 heterocycles. The van der Waals surface area contributed by atoms with E-state index in [0.29, 0.717) is 11.1 Å². The van der Waals surface area contributed by atoms with Gasteiger partial charge in [0.25, 0.3) is 11.8 Å². The molecule has 1 aromatic carbocycles. The number of nitrogens with zero attached hydrogens (tertiary/aromatic N) is 1. The van der Waals surface area contributed by atoms with Gasteiger partial charge in [-0.15, -0.1) is 0 Å². The van der Waals surface area contributed by atoms with Crippen LogP contribution in [0.2, 0.25) is 0 Å². The van der Waals surface area contributed by atoms with E-state index in [1.807, 2.05) is 0 Å². The smallest absolute Gasteiger partial charge is 0.262 e. The van der Waals surface area contributed by atoms with Crippen molar-refractivity contribution in [2.24, 2.45) is 0 Å². The molecule has 148 valence electrons. The molecule has 0 radical (unpaired) electrons. The molecule has 0 spiro atoms. The largest absolute Gasteiger partial charge is 0.381 e. The number of rotatable bonds is 3. The lowest BCUT2D eigenvalue weighted by atomic mass is 9.90. The van der Waals surface area contributed by atoms with Crippen LogP contribution in [-0.2, 0) is 9.59 Å². The lowest BCUT2D eigenvalue weighted by Gasteiger charge is -2.36. The summed E-state index contributed by atoms with van der Waals surface area (Å²) in [5.74, 6) is -1.95. The van der Waals surface area contributed by atoms with Gasteiger partial charge in [-0.25, -0.2) is 0 Å². The van der Waals surface area contributed by atoms with E-state index in [9.17, 15) is 19.2 Å². The zero-order valence-corrected chi connectivity index (χ0v) is 16.0. The van der Waals surface area contributed by atoms with Crippen molar-refractivity contribution in [3.63, 3.8) is 0 Å². The Morgan fingerprint density at radius 3 is 2.50 bits per heavy atom. The Balaban J connectivity index is 1.51. The Morgan fingerprint density at radius 2 is 1.82 bits per heavy atom. The standard InChI is InChI=1S/C20H24N4O4/c1-20(2)8-7-12(10-21-20)22-11-3-4-13-14(9-11)19(28)24(18(13)27)15-5-6-16(25)23-17(15)26/h3-4,9,12,15,21-22H,5-8,10H2,1-2H3,(H,23,25,26). The molecule has 0 aromatic heterocycles. The average molecular weight is 384 g/mol. The van der Waals surface area contributed by atoms with E-state index in [2.05, 4.69) is 29.8 Å². The molecule has 1 aromatic rings. The highest BCUT2D eigenvalue weighted by molar-refractivity contribution is 6.23. The molecule has 0 aliphatic carbocycles. The monoisotopic (exact) mass is 384 g/mol. The van der Waals surface area contributed by atoms with Crippen molar-refractivity contribution < 1.29 is 19.2 Å². The number of amides is 4. The van der Waals surface area contributed by atoms with E-state index < -0.39 is 23.8 Å². The summed E-state index contributed by atoms with van der Waals surface area (Å²) in [6, 6.07) is 4.40. The Morgan fingerprint density at radius 1 is 1.07 bits per heavy atom.